The number of nitrogens with zero attached hydrogens (tertiary/aromatic N) is 2. The van der Waals surface area contributed by atoms with E-state index in [-0.39, 0.29) is 6.61 Å². The van der Waals surface area contributed by atoms with Crippen molar-refractivity contribution < 1.29 is 5.11 Å². The predicted octanol–water partition coefficient (Wildman–Crippen LogP) is 2.96. The molecular weight excluding hydrogens is 282 g/mol. The number of aromatic nitrogens is 2. The van der Waals surface area contributed by atoms with Gasteiger partial charge in [-0.15, -0.1) is 11.3 Å². The van der Waals surface area contributed by atoms with Crippen molar-refractivity contribution in [1.29, 1.82) is 0 Å². The highest BCUT2D eigenvalue weighted by molar-refractivity contribution is 7.10. The first-order valence-electron chi connectivity index (χ1n) is 7.76. The van der Waals surface area contributed by atoms with Gasteiger partial charge in [-0.25, -0.2) is 0 Å². The highest BCUT2D eigenvalue weighted by Crippen LogP contribution is 2.37. The number of thiophene rings is 1. The minimum Gasteiger partial charge on any atom is -0.394 e. The normalized spacial score (nSPS) is 17.4. The maximum Gasteiger partial charge on any atom is 0.0640 e. The van der Waals surface area contributed by atoms with E-state index >= 15 is 0 Å². The topological polar surface area (TPSA) is 50.1 Å². The molecule has 4 nitrogen and oxygen atoms in total. The summed E-state index contributed by atoms with van der Waals surface area (Å²) in [5.41, 5.74) is 1.18. The number of aliphatic hydroxyl groups is 1. The maximum atomic E-state index is 8.94. The monoisotopic (exact) mass is 305 g/mol. The molecule has 0 aliphatic heterocycles. The van der Waals surface area contributed by atoms with E-state index in [2.05, 4.69) is 27.9 Å². The van der Waals surface area contributed by atoms with Crippen molar-refractivity contribution in [3.8, 4) is 0 Å². The molecule has 0 saturated heterocycles. The zero-order chi connectivity index (χ0) is 14.5. The van der Waals surface area contributed by atoms with Gasteiger partial charge in [0.1, 0.15) is 0 Å². The average Bonchev–Trinajstić information content (AvgIpc) is 3.22. The van der Waals surface area contributed by atoms with E-state index in [1.165, 1.54) is 36.1 Å². The third-order valence-corrected chi connectivity index (χ3v) is 5.22. The van der Waals surface area contributed by atoms with Gasteiger partial charge >= 0.3 is 0 Å². The molecule has 1 unspecified atom stereocenters. The minimum absolute atomic E-state index is 0.133. The SMILES string of the molecule is OCCn1cc(CNC(c2cccs2)C2CCCC2)cn1. The summed E-state index contributed by atoms with van der Waals surface area (Å²) in [4.78, 5) is 1.45. The Balaban J connectivity index is 1.63. The van der Waals surface area contributed by atoms with Gasteiger partial charge < -0.3 is 10.4 Å². The van der Waals surface area contributed by atoms with Crippen LogP contribution in [0.2, 0.25) is 0 Å². The lowest BCUT2D eigenvalue weighted by Crippen LogP contribution is -2.26. The number of hydrogen-bond acceptors (Lipinski definition) is 4. The van der Waals surface area contributed by atoms with Gasteiger partial charge in [0.05, 0.1) is 19.3 Å². The summed E-state index contributed by atoms with van der Waals surface area (Å²) >= 11 is 1.85. The molecule has 1 fully saturated rings. The number of hydrogen-bond donors (Lipinski definition) is 2. The third-order valence-electron chi connectivity index (χ3n) is 4.26. The predicted molar refractivity (Wildman–Crippen MR) is 85.2 cm³/mol. The minimum atomic E-state index is 0.133. The average molecular weight is 305 g/mol. The first-order chi connectivity index (χ1) is 10.4. The summed E-state index contributed by atoms with van der Waals surface area (Å²) in [6.45, 7) is 1.54. The van der Waals surface area contributed by atoms with Crippen molar-refractivity contribution in [3.63, 3.8) is 0 Å². The first-order valence-corrected chi connectivity index (χ1v) is 8.64. The van der Waals surface area contributed by atoms with Crippen LogP contribution in [0.25, 0.3) is 0 Å². The smallest absolute Gasteiger partial charge is 0.0640 e. The molecule has 1 aliphatic carbocycles. The summed E-state index contributed by atoms with van der Waals surface area (Å²) in [7, 11) is 0. The highest BCUT2D eigenvalue weighted by Gasteiger charge is 2.26. The van der Waals surface area contributed by atoms with Crippen LogP contribution in [-0.2, 0) is 13.1 Å². The van der Waals surface area contributed by atoms with Crippen LogP contribution in [-0.4, -0.2) is 21.5 Å². The largest absolute Gasteiger partial charge is 0.394 e. The van der Waals surface area contributed by atoms with E-state index in [1.807, 2.05) is 23.7 Å². The fourth-order valence-corrected chi connectivity index (χ4v) is 4.10. The molecule has 0 aromatic carbocycles. The molecule has 0 bridgehead atoms. The second-order valence-corrected chi connectivity index (χ2v) is 6.73. The number of aliphatic hydroxyl groups excluding tert-OH is 1. The Labute approximate surface area is 129 Å². The van der Waals surface area contributed by atoms with Gasteiger partial charge in [-0.1, -0.05) is 18.9 Å². The van der Waals surface area contributed by atoms with Gasteiger partial charge in [0.2, 0.25) is 0 Å². The lowest BCUT2D eigenvalue weighted by atomic mass is 9.96. The maximum absolute atomic E-state index is 8.94. The Kier molecular flexibility index (Phi) is 5.06. The molecule has 2 N–H and O–H groups in total. The number of rotatable bonds is 7. The molecule has 114 valence electrons. The molecule has 2 aromatic rings. The molecule has 0 amide bonds. The van der Waals surface area contributed by atoms with Gasteiger partial charge in [-0.05, 0) is 30.2 Å². The lowest BCUT2D eigenvalue weighted by Gasteiger charge is -2.23. The summed E-state index contributed by atoms with van der Waals surface area (Å²) in [6.07, 6.45) is 9.30. The molecular formula is C16H23N3OS. The van der Waals surface area contributed by atoms with Gasteiger partial charge in [0, 0.05) is 29.2 Å². The number of nitrogens with one attached hydrogen (secondary N) is 1. The van der Waals surface area contributed by atoms with E-state index in [9.17, 15) is 0 Å². The third kappa shape index (κ3) is 3.73. The van der Waals surface area contributed by atoms with Crippen LogP contribution < -0.4 is 5.32 Å². The molecule has 3 rings (SSSR count). The Bertz CT molecular complexity index is 531. The Hall–Kier alpha value is -1.17. The lowest BCUT2D eigenvalue weighted by molar-refractivity contribution is 0.269. The second kappa shape index (κ2) is 7.20. The van der Waals surface area contributed by atoms with Crippen LogP contribution in [0.1, 0.15) is 42.2 Å². The van der Waals surface area contributed by atoms with Gasteiger partial charge in [-0.2, -0.15) is 5.10 Å². The summed E-state index contributed by atoms with van der Waals surface area (Å²) < 4.78 is 1.80. The van der Waals surface area contributed by atoms with E-state index in [1.54, 1.807) is 4.68 Å². The van der Waals surface area contributed by atoms with Gasteiger partial charge in [-0.3, -0.25) is 4.68 Å². The molecule has 21 heavy (non-hydrogen) atoms. The zero-order valence-electron chi connectivity index (χ0n) is 12.2. The molecule has 5 heteroatoms. The molecule has 0 radical (unpaired) electrons. The highest BCUT2D eigenvalue weighted by atomic mass is 32.1. The summed E-state index contributed by atoms with van der Waals surface area (Å²) in [5.74, 6) is 0.760. The summed E-state index contributed by atoms with van der Waals surface area (Å²) in [6, 6.07) is 4.85. The van der Waals surface area contributed by atoms with Crippen molar-refractivity contribution in [2.45, 2.75) is 44.8 Å². The van der Waals surface area contributed by atoms with E-state index < -0.39 is 0 Å². The van der Waals surface area contributed by atoms with E-state index in [4.69, 9.17) is 5.11 Å². The van der Waals surface area contributed by atoms with Crippen LogP contribution >= 0.6 is 11.3 Å². The van der Waals surface area contributed by atoms with Crippen LogP contribution in [0.4, 0.5) is 0 Å². The van der Waals surface area contributed by atoms with Crippen molar-refractivity contribution >= 4 is 11.3 Å². The summed E-state index contributed by atoms with van der Waals surface area (Å²) in [5, 5.41) is 19.1. The van der Waals surface area contributed by atoms with E-state index in [0.29, 0.717) is 12.6 Å². The second-order valence-electron chi connectivity index (χ2n) is 5.75. The van der Waals surface area contributed by atoms with Crippen molar-refractivity contribution in [1.82, 2.24) is 15.1 Å². The van der Waals surface area contributed by atoms with E-state index in [0.717, 1.165) is 12.5 Å². The molecule has 0 spiro atoms. The zero-order valence-corrected chi connectivity index (χ0v) is 13.1. The standard InChI is InChI=1S/C16H23N3OS/c20-8-7-19-12-13(11-18-19)10-17-16(14-4-1-2-5-14)15-6-3-9-21-15/h3,6,9,11-12,14,16-17,20H,1-2,4-5,7-8,10H2. The van der Waals surface area contributed by atoms with Gasteiger partial charge in [0.15, 0.2) is 0 Å². The van der Waals surface area contributed by atoms with Gasteiger partial charge in [0.25, 0.3) is 0 Å². The molecule has 1 saturated carbocycles. The van der Waals surface area contributed by atoms with Crippen molar-refractivity contribution in [2.24, 2.45) is 5.92 Å². The van der Waals surface area contributed by atoms with Crippen molar-refractivity contribution in [2.75, 3.05) is 6.61 Å². The molecule has 1 aliphatic rings. The Morgan fingerprint density at radius 1 is 1.43 bits per heavy atom. The van der Waals surface area contributed by atoms with Crippen LogP contribution in [0.15, 0.2) is 29.9 Å². The first kappa shape index (κ1) is 14.8. The quantitative estimate of drug-likeness (QED) is 0.827. The fraction of sp³-hybridized carbons (Fsp3) is 0.562. The van der Waals surface area contributed by atoms with Crippen LogP contribution in [0.3, 0.4) is 0 Å². The molecule has 2 heterocycles. The molecule has 1 atom stereocenters. The Morgan fingerprint density at radius 3 is 3.00 bits per heavy atom. The van der Waals surface area contributed by atoms with Crippen LogP contribution in [0, 0.1) is 5.92 Å². The molecule has 2 aromatic heterocycles. The Morgan fingerprint density at radius 2 is 2.29 bits per heavy atom. The van der Waals surface area contributed by atoms with Crippen molar-refractivity contribution in [3.05, 3.63) is 40.3 Å². The van der Waals surface area contributed by atoms with Crippen LogP contribution in [0.5, 0.6) is 0 Å². The fourth-order valence-electron chi connectivity index (χ4n) is 3.21.